The number of hydrogen-bond acceptors (Lipinski definition) is 2. The van der Waals surface area contributed by atoms with E-state index in [2.05, 4.69) is 10.5 Å². The Kier molecular flexibility index (Phi) is 3.90. The van der Waals surface area contributed by atoms with E-state index in [0.717, 1.165) is 22.9 Å². The van der Waals surface area contributed by atoms with E-state index in [0.29, 0.717) is 0 Å². The molecule has 1 N–H and O–H groups in total. The molecule has 2 nitrogen and oxygen atoms in total. The normalized spacial score (nSPS) is 11.5. The van der Waals surface area contributed by atoms with Gasteiger partial charge in [-0.05, 0) is 31.5 Å². The maximum atomic E-state index is 13.4. The maximum Gasteiger partial charge on any atom is 0.151 e. The molecule has 98 valence electrons. The van der Waals surface area contributed by atoms with Gasteiger partial charge in [0.1, 0.15) is 5.82 Å². The monoisotopic (exact) mass is 260 g/mol. The molecule has 0 radical (unpaired) electrons. The molecule has 0 bridgehead atoms. The summed E-state index contributed by atoms with van der Waals surface area (Å²) in [7, 11) is 0. The Balaban J connectivity index is 2.15. The van der Waals surface area contributed by atoms with Crippen LogP contribution in [0.2, 0.25) is 0 Å². The van der Waals surface area contributed by atoms with E-state index in [4.69, 9.17) is 0 Å². The van der Waals surface area contributed by atoms with Crippen molar-refractivity contribution in [3.05, 3.63) is 65.2 Å². The summed E-state index contributed by atoms with van der Waals surface area (Å²) in [5.74, 6) is -1.28. The Labute approximate surface area is 110 Å². The Morgan fingerprint density at radius 2 is 1.74 bits per heavy atom. The predicted octanol–water partition coefficient (Wildman–Crippen LogP) is 4.11. The second-order valence-electron chi connectivity index (χ2n) is 4.30. The first kappa shape index (κ1) is 13.2. The quantitative estimate of drug-likeness (QED) is 0.651. The molecule has 0 atom stereocenters. The van der Waals surface area contributed by atoms with Crippen LogP contribution in [0, 0.1) is 18.6 Å². The van der Waals surface area contributed by atoms with Gasteiger partial charge in [0.25, 0.3) is 0 Å². The van der Waals surface area contributed by atoms with Crippen molar-refractivity contribution in [2.45, 2.75) is 13.8 Å². The fraction of sp³-hybridized carbons (Fsp3) is 0.133. The molecule has 0 heterocycles. The van der Waals surface area contributed by atoms with Crippen molar-refractivity contribution >= 4 is 11.4 Å². The lowest BCUT2D eigenvalue weighted by Gasteiger charge is -2.05. The zero-order chi connectivity index (χ0) is 13.8. The number of hydrazone groups is 1. The molecule has 0 fully saturated rings. The number of nitrogens with one attached hydrogen (secondary N) is 1. The van der Waals surface area contributed by atoms with Crippen molar-refractivity contribution in [2.75, 3.05) is 5.43 Å². The summed E-state index contributed by atoms with van der Waals surface area (Å²) in [4.78, 5) is 0. The van der Waals surface area contributed by atoms with Crippen LogP contribution in [0.3, 0.4) is 0 Å². The number of aryl methyl sites for hydroxylation is 1. The average molecular weight is 260 g/mol. The van der Waals surface area contributed by atoms with Gasteiger partial charge in [0, 0.05) is 6.07 Å². The van der Waals surface area contributed by atoms with Crippen LogP contribution in [0.1, 0.15) is 18.1 Å². The van der Waals surface area contributed by atoms with Gasteiger partial charge in [-0.15, -0.1) is 0 Å². The van der Waals surface area contributed by atoms with Gasteiger partial charge >= 0.3 is 0 Å². The molecule has 0 saturated carbocycles. The zero-order valence-electron chi connectivity index (χ0n) is 10.7. The standard InChI is InChI=1S/C15H14F2N2/c1-10-3-5-12(6-4-10)11(2)18-19-15-8-7-13(16)9-14(15)17/h3-9,19H,1-2H3. The highest BCUT2D eigenvalue weighted by atomic mass is 19.1. The van der Waals surface area contributed by atoms with Crippen LogP contribution in [0.25, 0.3) is 0 Å². The number of hydrogen-bond donors (Lipinski definition) is 1. The molecule has 4 heteroatoms. The van der Waals surface area contributed by atoms with Crippen molar-refractivity contribution in [3.8, 4) is 0 Å². The molecule has 19 heavy (non-hydrogen) atoms. The van der Waals surface area contributed by atoms with Crippen LogP contribution in [-0.4, -0.2) is 5.71 Å². The topological polar surface area (TPSA) is 24.4 Å². The fourth-order valence-electron chi connectivity index (χ4n) is 1.58. The predicted molar refractivity (Wildman–Crippen MR) is 73.4 cm³/mol. The minimum absolute atomic E-state index is 0.146. The number of halogens is 2. The molecule has 2 aromatic carbocycles. The van der Waals surface area contributed by atoms with Crippen molar-refractivity contribution in [1.29, 1.82) is 0 Å². The van der Waals surface area contributed by atoms with E-state index in [1.165, 1.54) is 12.1 Å². The highest BCUT2D eigenvalue weighted by Gasteiger charge is 2.03. The lowest BCUT2D eigenvalue weighted by molar-refractivity contribution is 0.585. The van der Waals surface area contributed by atoms with Gasteiger partial charge in [-0.2, -0.15) is 5.10 Å². The van der Waals surface area contributed by atoms with E-state index in [1.807, 2.05) is 38.1 Å². The Morgan fingerprint density at radius 3 is 2.37 bits per heavy atom. The van der Waals surface area contributed by atoms with Gasteiger partial charge in [-0.25, -0.2) is 8.78 Å². The third kappa shape index (κ3) is 3.37. The lowest BCUT2D eigenvalue weighted by atomic mass is 10.1. The van der Waals surface area contributed by atoms with Gasteiger partial charge in [0.15, 0.2) is 5.82 Å². The third-order valence-corrected chi connectivity index (χ3v) is 2.74. The van der Waals surface area contributed by atoms with Gasteiger partial charge < -0.3 is 0 Å². The number of benzene rings is 2. The zero-order valence-corrected chi connectivity index (χ0v) is 10.7. The molecule has 0 unspecified atom stereocenters. The summed E-state index contributed by atoms with van der Waals surface area (Å²) in [5.41, 5.74) is 5.58. The second kappa shape index (κ2) is 5.61. The van der Waals surface area contributed by atoms with Crippen molar-refractivity contribution < 1.29 is 8.78 Å². The molecule has 2 rings (SSSR count). The van der Waals surface area contributed by atoms with Crippen LogP contribution in [0.4, 0.5) is 14.5 Å². The lowest BCUT2D eigenvalue weighted by Crippen LogP contribution is -2.01. The largest absolute Gasteiger partial charge is 0.275 e. The molecular weight excluding hydrogens is 246 g/mol. The van der Waals surface area contributed by atoms with Crippen LogP contribution in [0.15, 0.2) is 47.6 Å². The van der Waals surface area contributed by atoms with Crippen LogP contribution >= 0.6 is 0 Å². The SMILES string of the molecule is CC(=NNc1ccc(F)cc1F)c1ccc(C)cc1. The Morgan fingerprint density at radius 1 is 1.05 bits per heavy atom. The first-order valence-electron chi connectivity index (χ1n) is 5.88. The molecule has 0 amide bonds. The van der Waals surface area contributed by atoms with E-state index in [-0.39, 0.29) is 5.69 Å². The second-order valence-corrected chi connectivity index (χ2v) is 4.30. The Hall–Kier alpha value is -2.23. The number of rotatable bonds is 3. The summed E-state index contributed by atoms with van der Waals surface area (Å²) in [6.45, 7) is 3.82. The summed E-state index contributed by atoms with van der Waals surface area (Å²) in [6.07, 6.45) is 0. The summed E-state index contributed by atoms with van der Waals surface area (Å²) >= 11 is 0. The summed E-state index contributed by atoms with van der Waals surface area (Å²) in [6, 6.07) is 11.2. The fourth-order valence-corrected chi connectivity index (χ4v) is 1.58. The maximum absolute atomic E-state index is 13.4. The van der Waals surface area contributed by atoms with E-state index >= 15 is 0 Å². The van der Waals surface area contributed by atoms with Crippen molar-refractivity contribution in [1.82, 2.24) is 0 Å². The minimum atomic E-state index is -0.666. The first-order chi connectivity index (χ1) is 9.06. The molecular formula is C15H14F2N2. The highest BCUT2D eigenvalue weighted by Crippen LogP contribution is 2.15. The van der Waals surface area contributed by atoms with E-state index in [1.54, 1.807) is 0 Å². The van der Waals surface area contributed by atoms with Crippen LogP contribution < -0.4 is 5.43 Å². The van der Waals surface area contributed by atoms with Gasteiger partial charge in [0.2, 0.25) is 0 Å². The van der Waals surface area contributed by atoms with Crippen molar-refractivity contribution in [3.63, 3.8) is 0 Å². The van der Waals surface area contributed by atoms with Gasteiger partial charge in [0.05, 0.1) is 11.4 Å². The first-order valence-corrected chi connectivity index (χ1v) is 5.88. The van der Waals surface area contributed by atoms with Crippen LogP contribution in [0.5, 0.6) is 0 Å². The molecule has 2 aromatic rings. The summed E-state index contributed by atoms with van der Waals surface area (Å²) in [5, 5.41) is 4.09. The average Bonchev–Trinajstić information content (AvgIpc) is 2.38. The highest BCUT2D eigenvalue weighted by molar-refractivity contribution is 5.99. The molecule has 0 saturated heterocycles. The van der Waals surface area contributed by atoms with Gasteiger partial charge in [-0.3, -0.25) is 5.43 Å². The molecule has 0 aromatic heterocycles. The molecule has 0 spiro atoms. The van der Waals surface area contributed by atoms with Crippen molar-refractivity contribution in [2.24, 2.45) is 5.10 Å². The number of nitrogens with zero attached hydrogens (tertiary/aromatic N) is 1. The Bertz CT molecular complexity index is 604. The van der Waals surface area contributed by atoms with E-state index < -0.39 is 11.6 Å². The summed E-state index contributed by atoms with van der Waals surface area (Å²) < 4.78 is 26.1. The van der Waals surface area contributed by atoms with Gasteiger partial charge in [-0.1, -0.05) is 29.8 Å². The molecule has 0 aliphatic rings. The van der Waals surface area contributed by atoms with E-state index in [9.17, 15) is 8.78 Å². The smallest absolute Gasteiger partial charge is 0.151 e. The number of anilines is 1. The molecule has 0 aliphatic heterocycles. The third-order valence-electron chi connectivity index (χ3n) is 2.74. The van der Waals surface area contributed by atoms with Crippen LogP contribution in [-0.2, 0) is 0 Å². The molecule has 0 aliphatic carbocycles. The minimum Gasteiger partial charge on any atom is -0.275 e.